The number of hydrogen-bond donors (Lipinski definition) is 2. The highest BCUT2D eigenvalue weighted by molar-refractivity contribution is 5.74. The molecular weight excluding hydrogens is 278 g/mol. The van der Waals surface area contributed by atoms with Crippen molar-refractivity contribution in [1.29, 1.82) is 0 Å². The molecule has 1 saturated carbocycles. The van der Waals surface area contributed by atoms with Gasteiger partial charge in [0.1, 0.15) is 0 Å². The third-order valence-electron chi connectivity index (χ3n) is 3.67. The number of allylic oxidation sites excluding steroid dienone is 3. The Labute approximate surface area is 128 Å². The quantitative estimate of drug-likeness (QED) is 0.833. The number of fused-ring (bicyclic) bond motifs is 1. The molecule has 0 aliphatic heterocycles. The maximum atomic E-state index is 9.99. The lowest BCUT2D eigenvalue weighted by molar-refractivity contribution is 0.335. The Hall–Kier alpha value is -2.40. The van der Waals surface area contributed by atoms with Crippen LogP contribution < -0.4 is 0 Å². The van der Waals surface area contributed by atoms with Gasteiger partial charge in [0.25, 0.3) is 0 Å². The summed E-state index contributed by atoms with van der Waals surface area (Å²) in [6.07, 6.45) is 7.71. The molecular formula is C17H19N3O2. The van der Waals surface area contributed by atoms with Crippen LogP contribution in [-0.2, 0) is 0 Å². The second kappa shape index (κ2) is 5.77. The van der Waals surface area contributed by atoms with Gasteiger partial charge in [0, 0.05) is 5.92 Å². The normalized spacial score (nSPS) is 15.8. The van der Waals surface area contributed by atoms with E-state index >= 15 is 0 Å². The van der Waals surface area contributed by atoms with Gasteiger partial charge in [0.05, 0.1) is 12.3 Å². The van der Waals surface area contributed by atoms with E-state index in [1.165, 1.54) is 0 Å². The van der Waals surface area contributed by atoms with Gasteiger partial charge in [0.15, 0.2) is 17.2 Å². The van der Waals surface area contributed by atoms with E-state index in [-0.39, 0.29) is 12.4 Å². The van der Waals surface area contributed by atoms with Crippen molar-refractivity contribution in [2.24, 2.45) is 0 Å². The molecule has 0 amide bonds. The molecule has 5 heteroatoms. The maximum Gasteiger partial charge on any atom is 0.198 e. The fourth-order valence-corrected chi connectivity index (χ4v) is 2.38. The summed E-state index contributed by atoms with van der Waals surface area (Å²) in [5.41, 5.74) is 2.67. The Bertz CT molecular complexity index is 783. The molecule has 1 aliphatic rings. The van der Waals surface area contributed by atoms with Gasteiger partial charge in [-0.05, 0) is 49.1 Å². The summed E-state index contributed by atoms with van der Waals surface area (Å²) in [6.45, 7) is 5.89. The molecule has 0 saturated heterocycles. The molecule has 3 rings (SSSR count). The van der Waals surface area contributed by atoms with Crippen molar-refractivity contribution in [3.63, 3.8) is 0 Å². The lowest BCUT2D eigenvalue weighted by atomic mass is 10.1. The standard InChI is InChI=1S/C17H19N3O2/c1-3-4-12(10-21)9-11(2)14-7-8-15(22)17-18-16(13-5-6-13)19-20(14)17/h3-4,7-9,13,21-22H,2,5-6,10H2,1H3. The summed E-state index contributed by atoms with van der Waals surface area (Å²) >= 11 is 0. The number of aliphatic hydroxyl groups is 1. The molecule has 0 atom stereocenters. The average Bonchev–Trinajstić information content (AvgIpc) is 3.26. The van der Waals surface area contributed by atoms with E-state index in [4.69, 9.17) is 0 Å². The molecule has 2 heterocycles. The van der Waals surface area contributed by atoms with E-state index < -0.39 is 0 Å². The predicted octanol–water partition coefficient (Wildman–Crippen LogP) is 2.82. The lowest BCUT2D eigenvalue weighted by Gasteiger charge is -2.06. The summed E-state index contributed by atoms with van der Waals surface area (Å²) in [6, 6.07) is 3.36. The largest absolute Gasteiger partial charge is 0.504 e. The predicted molar refractivity (Wildman–Crippen MR) is 85.6 cm³/mol. The highest BCUT2D eigenvalue weighted by atomic mass is 16.3. The zero-order chi connectivity index (χ0) is 15.7. The smallest absolute Gasteiger partial charge is 0.198 e. The van der Waals surface area contributed by atoms with Crippen molar-refractivity contribution in [3.8, 4) is 5.75 Å². The molecule has 5 nitrogen and oxygen atoms in total. The maximum absolute atomic E-state index is 9.99. The van der Waals surface area contributed by atoms with Crippen LogP contribution in [0.25, 0.3) is 11.2 Å². The molecule has 2 aromatic rings. The summed E-state index contributed by atoms with van der Waals surface area (Å²) in [7, 11) is 0. The topological polar surface area (TPSA) is 70.7 Å². The fourth-order valence-electron chi connectivity index (χ4n) is 2.38. The van der Waals surface area contributed by atoms with Crippen LogP contribution in [-0.4, -0.2) is 31.4 Å². The van der Waals surface area contributed by atoms with Crippen LogP contribution in [0.15, 0.2) is 42.5 Å². The second-order valence-electron chi connectivity index (χ2n) is 5.49. The first-order valence-corrected chi connectivity index (χ1v) is 7.36. The van der Waals surface area contributed by atoms with Gasteiger partial charge in [-0.1, -0.05) is 18.7 Å². The van der Waals surface area contributed by atoms with Gasteiger partial charge in [-0.25, -0.2) is 9.50 Å². The van der Waals surface area contributed by atoms with Crippen LogP contribution >= 0.6 is 0 Å². The number of rotatable bonds is 5. The van der Waals surface area contributed by atoms with Gasteiger partial charge in [-0.3, -0.25) is 0 Å². The van der Waals surface area contributed by atoms with Gasteiger partial charge in [-0.2, -0.15) is 5.10 Å². The Morgan fingerprint density at radius 2 is 2.23 bits per heavy atom. The molecule has 22 heavy (non-hydrogen) atoms. The van der Waals surface area contributed by atoms with Gasteiger partial charge < -0.3 is 10.2 Å². The van der Waals surface area contributed by atoms with E-state index in [1.807, 2.05) is 25.2 Å². The van der Waals surface area contributed by atoms with Crippen LogP contribution in [0.1, 0.15) is 37.2 Å². The van der Waals surface area contributed by atoms with Crippen molar-refractivity contribution >= 4 is 11.2 Å². The number of nitrogens with zero attached hydrogens (tertiary/aromatic N) is 3. The van der Waals surface area contributed by atoms with E-state index in [0.717, 1.165) is 29.9 Å². The zero-order valence-corrected chi connectivity index (χ0v) is 12.5. The summed E-state index contributed by atoms with van der Waals surface area (Å²) in [5.74, 6) is 1.29. The van der Waals surface area contributed by atoms with Crippen LogP contribution in [0.2, 0.25) is 0 Å². The number of aliphatic hydroxyl groups excluding tert-OH is 1. The van der Waals surface area contributed by atoms with E-state index in [9.17, 15) is 10.2 Å². The Kier molecular flexibility index (Phi) is 3.81. The molecule has 1 fully saturated rings. The van der Waals surface area contributed by atoms with Crippen molar-refractivity contribution in [3.05, 3.63) is 54.0 Å². The first-order valence-electron chi connectivity index (χ1n) is 7.36. The monoisotopic (exact) mass is 297 g/mol. The third-order valence-corrected chi connectivity index (χ3v) is 3.67. The molecule has 0 unspecified atom stereocenters. The van der Waals surface area contributed by atoms with Crippen molar-refractivity contribution in [1.82, 2.24) is 14.6 Å². The number of aromatic hydroxyl groups is 1. The van der Waals surface area contributed by atoms with Crippen LogP contribution in [0.4, 0.5) is 0 Å². The van der Waals surface area contributed by atoms with Crippen molar-refractivity contribution in [2.45, 2.75) is 25.7 Å². The van der Waals surface area contributed by atoms with E-state index in [2.05, 4.69) is 16.7 Å². The number of aromatic nitrogens is 3. The minimum atomic E-state index is -0.0603. The van der Waals surface area contributed by atoms with Crippen LogP contribution in [0, 0.1) is 0 Å². The number of pyridine rings is 1. The zero-order valence-electron chi connectivity index (χ0n) is 12.5. The van der Waals surface area contributed by atoms with Gasteiger partial charge in [-0.15, -0.1) is 0 Å². The van der Waals surface area contributed by atoms with Crippen LogP contribution in [0.5, 0.6) is 5.75 Å². The van der Waals surface area contributed by atoms with Gasteiger partial charge in [0.2, 0.25) is 0 Å². The molecule has 0 spiro atoms. The van der Waals surface area contributed by atoms with Crippen molar-refractivity contribution < 1.29 is 10.2 Å². The minimum Gasteiger partial charge on any atom is -0.504 e. The highest BCUT2D eigenvalue weighted by Crippen LogP contribution is 2.39. The molecule has 1 aliphatic carbocycles. The highest BCUT2D eigenvalue weighted by Gasteiger charge is 2.28. The molecule has 0 radical (unpaired) electrons. The fraction of sp³-hybridized carbons (Fsp3) is 0.294. The molecule has 0 bridgehead atoms. The SMILES string of the molecule is C=C(C=C(C=CC)CO)c1ccc(O)c2nc(C3CC3)nn12. The molecule has 0 aromatic carbocycles. The summed E-state index contributed by atoms with van der Waals surface area (Å²) in [5, 5.41) is 23.9. The van der Waals surface area contributed by atoms with E-state index in [0.29, 0.717) is 17.1 Å². The minimum absolute atomic E-state index is 0.0603. The Morgan fingerprint density at radius 3 is 2.86 bits per heavy atom. The second-order valence-corrected chi connectivity index (χ2v) is 5.49. The summed E-state index contributed by atoms with van der Waals surface area (Å²) < 4.78 is 1.63. The first kappa shape index (κ1) is 14.5. The Morgan fingerprint density at radius 1 is 1.45 bits per heavy atom. The molecule has 2 N–H and O–H groups in total. The summed E-state index contributed by atoms with van der Waals surface area (Å²) in [4.78, 5) is 4.43. The van der Waals surface area contributed by atoms with E-state index in [1.54, 1.807) is 16.6 Å². The average molecular weight is 297 g/mol. The lowest BCUT2D eigenvalue weighted by Crippen LogP contribution is -1.98. The third kappa shape index (κ3) is 2.67. The van der Waals surface area contributed by atoms with Gasteiger partial charge >= 0.3 is 0 Å². The Balaban J connectivity index is 2.06. The van der Waals surface area contributed by atoms with Crippen molar-refractivity contribution in [2.75, 3.05) is 6.61 Å². The first-order chi connectivity index (χ1) is 10.6. The molecule has 114 valence electrons. The number of hydrogen-bond acceptors (Lipinski definition) is 4. The molecule has 2 aromatic heterocycles. The van der Waals surface area contributed by atoms with Crippen LogP contribution in [0.3, 0.4) is 0 Å².